The van der Waals surface area contributed by atoms with Crippen molar-refractivity contribution >= 4 is 39.5 Å². The van der Waals surface area contributed by atoms with Crippen LogP contribution in [0.3, 0.4) is 0 Å². The lowest BCUT2D eigenvalue weighted by Gasteiger charge is -2.03. The van der Waals surface area contributed by atoms with Crippen LogP contribution in [0.25, 0.3) is 32.9 Å². The standard InChI is InChI=1S/C23H17N3O3S2/c1-28-16-7-4-14(5-8-16)23-25-19(13-31-23)21-18-11-15(6-9-20(18)29-26-21)22(27)24-12-17-3-2-10-30-17/h2-11,13H,12H2,1H3,(H,24,27). The van der Waals surface area contributed by atoms with Crippen molar-refractivity contribution in [1.82, 2.24) is 15.5 Å². The minimum Gasteiger partial charge on any atom is -0.497 e. The highest BCUT2D eigenvalue weighted by Gasteiger charge is 2.17. The Bertz CT molecular complexity index is 1340. The maximum atomic E-state index is 12.6. The molecule has 0 bridgehead atoms. The van der Waals surface area contributed by atoms with Crippen LogP contribution in [0.2, 0.25) is 0 Å². The van der Waals surface area contributed by atoms with Gasteiger partial charge < -0.3 is 14.6 Å². The zero-order chi connectivity index (χ0) is 21.2. The molecule has 5 rings (SSSR count). The van der Waals surface area contributed by atoms with Gasteiger partial charge in [-0.3, -0.25) is 4.79 Å². The fraction of sp³-hybridized carbons (Fsp3) is 0.0870. The van der Waals surface area contributed by atoms with Crippen molar-refractivity contribution in [2.75, 3.05) is 7.11 Å². The molecule has 0 radical (unpaired) electrons. The summed E-state index contributed by atoms with van der Waals surface area (Å²) in [5, 5.41) is 12.7. The van der Waals surface area contributed by atoms with E-state index in [2.05, 4.69) is 10.5 Å². The summed E-state index contributed by atoms with van der Waals surface area (Å²) >= 11 is 3.14. The summed E-state index contributed by atoms with van der Waals surface area (Å²) in [6, 6.07) is 17.0. The summed E-state index contributed by atoms with van der Waals surface area (Å²) in [6.07, 6.45) is 0. The number of ether oxygens (including phenoxy) is 1. The van der Waals surface area contributed by atoms with Gasteiger partial charge in [0.15, 0.2) is 5.58 Å². The van der Waals surface area contributed by atoms with Gasteiger partial charge in [0.05, 0.1) is 19.0 Å². The lowest BCUT2D eigenvalue weighted by molar-refractivity contribution is 0.0951. The summed E-state index contributed by atoms with van der Waals surface area (Å²) in [5.74, 6) is 0.660. The molecule has 2 aromatic carbocycles. The number of thiophene rings is 1. The van der Waals surface area contributed by atoms with Crippen molar-refractivity contribution in [3.8, 4) is 27.7 Å². The number of fused-ring (bicyclic) bond motifs is 1. The Kier molecular flexibility index (Phi) is 5.23. The largest absolute Gasteiger partial charge is 0.497 e. The smallest absolute Gasteiger partial charge is 0.251 e. The molecule has 0 unspecified atom stereocenters. The Morgan fingerprint density at radius 3 is 2.77 bits per heavy atom. The second kappa shape index (κ2) is 8.33. The zero-order valence-corrected chi connectivity index (χ0v) is 18.1. The maximum Gasteiger partial charge on any atom is 0.251 e. The van der Waals surface area contributed by atoms with Crippen LogP contribution < -0.4 is 10.1 Å². The van der Waals surface area contributed by atoms with Gasteiger partial charge in [0.25, 0.3) is 5.91 Å². The number of nitrogens with zero attached hydrogens (tertiary/aromatic N) is 2. The topological polar surface area (TPSA) is 77.2 Å². The normalized spacial score (nSPS) is 11.0. The van der Waals surface area contributed by atoms with Gasteiger partial charge in [-0.1, -0.05) is 11.2 Å². The number of carbonyl (C=O) groups excluding carboxylic acids is 1. The molecule has 0 saturated carbocycles. The first-order chi connectivity index (χ1) is 15.2. The van der Waals surface area contributed by atoms with Gasteiger partial charge in [0.2, 0.25) is 0 Å². The van der Waals surface area contributed by atoms with E-state index in [0.29, 0.717) is 29.1 Å². The summed E-state index contributed by atoms with van der Waals surface area (Å²) in [5.41, 5.74) is 3.51. The Morgan fingerprint density at radius 1 is 1.13 bits per heavy atom. The monoisotopic (exact) mass is 447 g/mol. The third-order valence-electron chi connectivity index (χ3n) is 4.82. The van der Waals surface area contributed by atoms with E-state index >= 15 is 0 Å². The summed E-state index contributed by atoms with van der Waals surface area (Å²) in [7, 11) is 1.64. The average molecular weight is 448 g/mol. The Balaban J connectivity index is 1.42. The number of methoxy groups -OCH3 is 1. The predicted octanol–water partition coefficient (Wildman–Crippen LogP) is 5.62. The van der Waals surface area contributed by atoms with E-state index in [0.717, 1.165) is 26.6 Å². The summed E-state index contributed by atoms with van der Waals surface area (Å²) in [6.45, 7) is 0.502. The van der Waals surface area contributed by atoms with Crippen LogP contribution in [-0.2, 0) is 6.54 Å². The molecule has 0 spiro atoms. The van der Waals surface area contributed by atoms with Crippen molar-refractivity contribution < 1.29 is 14.1 Å². The number of aromatic nitrogens is 2. The van der Waals surface area contributed by atoms with Gasteiger partial charge in [-0.25, -0.2) is 4.98 Å². The van der Waals surface area contributed by atoms with Gasteiger partial charge in [0.1, 0.15) is 22.1 Å². The molecule has 5 aromatic rings. The molecule has 0 saturated heterocycles. The number of hydrogen-bond donors (Lipinski definition) is 1. The van der Waals surface area contributed by atoms with Gasteiger partial charge in [-0.2, -0.15) is 0 Å². The number of carbonyl (C=O) groups is 1. The SMILES string of the molecule is COc1ccc(-c2nc(-c3noc4ccc(C(=O)NCc5cccs5)cc34)cs2)cc1. The van der Waals surface area contributed by atoms with Crippen molar-refractivity contribution in [2.24, 2.45) is 0 Å². The fourth-order valence-electron chi connectivity index (χ4n) is 3.20. The number of thiazole rings is 1. The number of hydrogen-bond acceptors (Lipinski definition) is 7. The lowest BCUT2D eigenvalue weighted by Crippen LogP contribution is -2.22. The average Bonchev–Trinajstić information content (AvgIpc) is 3.57. The highest BCUT2D eigenvalue weighted by atomic mass is 32.1. The van der Waals surface area contributed by atoms with Gasteiger partial charge >= 0.3 is 0 Å². The van der Waals surface area contributed by atoms with E-state index < -0.39 is 0 Å². The minimum absolute atomic E-state index is 0.139. The van der Waals surface area contributed by atoms with Crippen LogP contribution in [0, 0.1) is 0 Å². The number of nitrogens with one attached hydrogen (secondary N) is 1. The molecule has 0 atom stereocenters. The van der Waals surface area contributed by atoms with Crippen LogP contribution >= 0.6 is 22.7 Å². The second-order valence-corrected chi connectivity index (χ2v) is 8.66. The number of rotatable bonds is 6. The van der Waals surface area contributed by atoms with Crippen molar-refractivity contribution in [3.63, 3.8) is 0 Å². The van der Waals surface area contributed by atoms with Crippen LogP contribution in [0.4, 0.5) is 0 Å². The summed E-state index contributed by atoms with van der Waals surface area (Å²) < 4.78 is 10.7. The maximum absolute atomic E-state index is 12.6. The molecule has 154 valence electrons. The van der Waals surface area contributed by atoms with E-state index in [9.17, 15) is 4.79 Å². The molecule has 8 heteroatoms. The fourth-order valence-corrected chi connectivity index (χ4v) is 4.65. The highest BCUT2D eigenvalue weighted by Crippen LogP contribution is 2.33. The molecule has 3 heterocycles. The molecule has 0 aliphatic rings. The molecule has 3 aromatic heterocycles. The van der Waals surface area contributed by atoms with Gasteiger partial charge in [-0.05, 0) is 53.9 Å². The Hall–Kier alpha value is -3.49. The molecular weight excluding hydrogens is 430 g/mol. The molecule has 1 amide bonds. The van der Waals surface area contributed by atoms with E-state index in [1.165, 1.54) is 11.3 Å². The van der Waals surface area contributed by atoms with Crippen molar-refractivity contribution in [3.05, 3.63) is 75.8 Å². The second-order valence-electron chi connectivity index (χ2n) is 6.77. The highest BCUT2D eigenvalue weighted by molar-refractivity contribution is 7.13. The molecule has 1 N–H and O–H groups in total. The Morgan fingerprint density at radius 2 is 2.00 bits per heavy atom. The molecular formula is C23H17N3O3S2. The van der Waals surface area contributed by atoms with E-state index in [1.54, 1.807) is 36.6 Å². The number of amides is 1. The van der Waals surface area contributed by atoms with E-state index in [-0.39, 0.29) is 5.91 Å². The molecule has 0 aliphatic heterocycles. The first kappa shape index (κ1) is 19.5. The van der Waals surface area contributed by atoms with Crippen LogP contribution in [-0.4, -0.2) is 23.2 Å². The van der Waals surface area contributed by atoms with Crippen LogP contribution in [0.5, 0.6) is 5.75 Å². The predicted molar refractivity (Wildman–Crippen MR) is 123 cm³/mol. The van der Waals surface area contributed by atoms with E-state index in [4.69, 9.17) is 14.2 Å². The van der Waals surface area contributed by atoms with Crippen LogP contribution in [0.1, 0.15) is 15.2 Å². The molecule has 31 heavy (non-hydrogen) atoms. The van der Waals surface area contributed by atoms with E-state index in [1.807, 2.05) is 47.2 Å². The molecule has 0 aliphatic carbocycles. The minimum atomic E-state index is -0.139. The lowest BCUT2D eigenvalue weighted by atomic mass is 10.1. The van der Waals surface area contributed by atoms with Crippen LogP contribution in [0.15, 0.2) is 69.9 Å². The quantitative estimate of drug-likeness (QED) is 0.366. The number of benzene rings is 2. The summed E-state index contributed by atoms with van der Waals surface area (Å²) in [4.78, 5) is 18.4. The Labute approximate surface area is 186 Å². The van der Waals surface area contributed by atoms with Crippen molar-refractivity contribution in [1.29, 1.82) is 0 Å². The molecule has 0 fully saturated rings. The zero-order valence-electron chi connectivity index (χ0n) is 16.5. The first-order valence-corrected chi connectivity index (χ1v) is 11.3. The first-order valence-electron chi connectivity index (χ1n) is 9.51. The molecule has 6 nitrogen and oxygen atoms in total. The van der Waals surface area contributed by atoms with Crippen molar-refractivity contribution in [2.45, 2.75) is 6.54 Å². The van der Waals surface area contributed by atoms with Gasteiger partial charge in [-0.15, -0.1) is 22.7 Å². The third-order valence-corrected chi connectivity index (χ3v) is 6.59. The third kappa shape index (κ3) is 3.95. The van der Waals surface area contributed by atoms with Gasteiger partial charge in [0, 0.05) is 21.4 Å².